The van der Waals surface area contributed by atoms with E-state index in [1.54, 1.807) is 0 Å². The van der Waals surface area contributed by atoms with Gasteiger partial charge in [-0.3, -0.25) is 0 Å². The van der Waals surface area contributed by atoms with Gasteiger partial charge in [-0.15, -0.1) is 0 Å². The maximum atomic E-state index is 13.4. The Hall–Kier alpha value is -1.70. The molecule has 0 amide bonds. The zero-order valence-electron chi connectivity index (χ0n) is 9.00. The molecule has 0 nitrogen and oxygen atoms in total. The molecule has 0 saturated carbocycles. The van der Waals surface area contributed by atoms with Gasteiger partial charge in [0.05, 0.1) is 0 Å². The lowest BCUT2D eigenvalue weighted by Crippen LogP contribution is -1.96. The molecule has 0 unspecified atom stereocenters. The second-order valence-electron chi connectivity index (χ2n) is 3.86. The number of aryl methyl sites for hydroxylation is 1. The Balaban J connectivity index is 2.30. The van der Waals surface area contributed by atoms with Crippen LogP contribution in [0.25, 0.3) is 0 Å². The molecule has 0 aromatic heterocycles. The summed E-state index contributed by atoms with van der Waals surface area (Å²) in [5, 5.41) is 0. The fraction of sp³-hybridized carbons (Fsp3) is 0.143. The fourth-order valence-corrected chi connectivity index (χ4v) is 1.61. The van der Waals surface area contributed by atoms with Crippen molar-refractivity contribution in [1.82, 2.24) is 0 Å². The Morgan fingerprint density at radius 3 is 2.00 bits per heavy atom. The van der Waals surface area contributed by atoms with Crippen molar-refractivity contribution < 1.29 is 8.78 Å². The first-order valence-electron chi connectivity index (χ1n) is 5.15. The Morgan fingerprint density at radius 1 is 0.875 bits per heavy atom. The molecule has 2 aromatic carbocycles. The summed E-state index contributed by atoms with van der Waals surface area (Å²) in [4.78, 5) is 0. The standard InChI is InChI=1S/C14H12F2/c1-10-5-7-11(8-6-10)9-12-13(15)3-2-4-14(12)16/h2-8H,9H2,1H3. The maximum absolute atomic E-state index is 13.4. The van der Waals surface area contributed by atoms with E-state index in [9.17, 15) is 8.78 Å². The van der Waals surface area contributed by atoms with Crippen molar-refractivity contribution in [2.45, 2.75) is 13.3 Å². The third kappa shape index (κ3) is 2.27. The first-order valence-corrected chi connectivity index (χ1v) is 5.15. The number of benzene rings is 2. The van der Waals surface area contributed by atoms with Gasteiger partial charge in [0.25, 0.3) is 0 Å². The highest BCUT2D eigenvalue weighted by molar-refractivity contribution is 5.29. The van der Waals surface area contributed by atoms with Crippen LogP contribution in [0.5, 0.6) is 0 Å². The van der Waals surface area contributed by atoms with Crippen LogP contribution in [0.3, 0.4) is 0 Å². The summed E-state index contributed by atoms with van der Waals surface area (Å²) >= 11 is 0. The van der Waals surface area contributed by atoms with E-state index < -0.39 is 11.6 Å². The van der Waals surface area contributed by atoms with E-state index in [1.165, 1.54) is 18.2 Å². The normalized spacial score (nSPS) is 10.4. The monoisotopic (exact) mass is 218 g/mol. The number of hydrogen-bond acceptors (Lipinski definition) is 0. The summed E-state index contributed by atoms with van der Waals surface area (Å²) < 4.78 is 26.8. The molecule has 0 N–H and O–H groups in total. The zero-order chi connectivity index (χ0) is 11.5. The van der Waals surface area contributed by atoms with Crippen molar-refractivity contribution in [3.8, 4) is 0 Å². The lowest BCUT2D eigenvalue weighted by Gasteiger charge is -2.05. The van der Waals surface area contributed by atoms with Gasteiger partial charge in [-0.05, 0) is 24.6 Å². The van der Waals surface area contributed by atoms with Crippen LogP contribution in [0.1, 0.15) is 16.7 Å². The van der Waals surface area contributed by atoms with Crippen molar-refractivity contribution in [1.29, 1.82) is 0 Å². The Labute approximate surface area is 93.5 Å². The minimum atomic E-state index is -0.486. The van der Waals surface area contributed by atoms with Crippen molar-refractivity contribution in [2.24, 2.45) is 0 Å². The van der Waals surface area contributed by atoms with Crippen LogP contribution in [0.2, 0.25) is 0 Å². The van der Waals surface area contributed by atoms with Gasteiger partial charge >= 0.3 is 0 Å². The van der Waals surface area contributed by atoms with E-state index in [1.807, 2.05) is 31.2 Å². The van der Waals surface area contributed by atoms with Crippen molar-refractivity contribution in [3.05, 3.63) is 70.8 Å². The van der Waals surface area contributed by atoms with E-state index in [2.05, 4.69) is 0 Å². The van der Waals surface area contributed by atoms with Crippen LogP contribution in [0.15, 0.2) is 42.5 Å². The SMILES string of the molecule is Cc1ccc(Cc2c(F)cccc2F)cc1. The summed E-state index contributed by atoms with van der Waals surface area (Å²) in [7, 11) is 0. The second-order valence-corrected chi connectivity index (χ2v) is 3.86. The van der Waals surface area contributed by atoms with Crippen molar-refractivity contribution >= 4 is 0 Å². The van der Waals surface area contributed by atoms with Gasteiger partial charge in [-0.2, -0.15) is 0 Å². The largest absolute Gasteiger partial charge is 0.207 e. The van der Waals surface area contributed by atoms with Crippen LogP contribution in [0.4, 0.5) is 8.78 Å². The molecule has 0 aliphatic carbocycles. The Bertz CT molecular complexity index is 466. The van der Waals surface area contributed by atoms with Crippen LogP contribution < -0.4 is 0 Å². The van der Waals surface area contributed by atoms with Crippen LogP contribution in [-0.2, 0) is 6.42 Å². The van der Waals surface area contributed by atoms with E-state index in [0.717, 1.165) is 11.1 Å². The molecule has 0 bridgehead atoms. The molecule has 0 spiro atoms. The van der Waals surface area contributed by atoms with E-state index >= 15 is 0 Å². The van der Waals surface area contributed by atoms with Crippen LogP contribution in [-0.4, -0.2) is 0 Å². The molecular formula is C14H12F2. The molecule has 2 rings (SSSR count). The first kappa shape index (κ1) is 10.8. The average molecular weight is 218 g/mol. The van der Waals surface area contributed by atoms with Crippen LogP contribution >= 0.6 is 0 Å². The van der Waals surface area contributed by atoms with Gasteiger partial charge in [0.2, 0.25) is 0 Å². The predicted octanol–water partition coefficient (Wildman–Crippen LogP) is 3.86. The molecule has 0 aliphatic heterocycles. The highest BCUT2D eigenvalue weighted by atomic mass is 19.1. The zero-order valence-corrected chi connectivity index (χ0v) is 9.00. The molecule has 0 aliphatic rings. The molecule has 0 radical (unpaired) electrons. The molecule has 0 saturated heterocycles. The van der Waals surface area contributed by atoms with Gasteiger partial charge in [-0.1, -0.05) is 35.9 Å². The molecule has 16 heavy (non-hydrogen) atoms. The third-order valence-corrected chi connectivity index (χ3v) is 2.56. The molecule has 0 atom stereocenters. The van der Waals surface area contributed by atoms with Gasteiger partial charge in [0.15, 0.2) is 0 Å². The quantitative estimate of drug-likeness (QED) is 0.718. The Morgan fingerprint density at radius 2 is 1.44 bits per heavy atom. The van der Waals surface area contributed by atoms with Crippen molar-refractivity contribution in [3.63, 3.8) is 0 Å². The van der Waals surface area contributed by atoms with Crippen molar-refractivity contribution in [2.75, 3.05) is 0 Å². The molecule has 2 aromatic rings. The second kappa shape index (κ2) is 4.44. The van der Waals surface area contributed by atoms with Gasteiger partial charge in [-0.25, -0.2) is 8.78 Å². The summed E-state index contributed by atoms with van der Waals surface area (Å²) in [5.41, 5.74) is 2.18. The highest BCUT2D eigenvalue weighted by Gasteiger charge is 2.08. The fourth-order valence-electron chi connectivity index (χ4n) is 1.61. The minimum Gasteiger partial charge on any atom is -0.207 e. The summed E-state index contributed by atoms with van der Waals surface area (Å²) in [6, 6.07) is 11.6. The van der Waals surface area contributed by atoms with E-state index in [4.69, 9.17) is 0 Å². The van der Waals surface area contributed by atoms with E-state index in [0.29, 0.717) is 6.42 Å². The number of rotatable bonds is 2. The highest BCUT2D eigenvalue weighted by Crippen LogP contribution is 2.17. The summed E-state index contributed by atoms with van der Waals surface area (Å²) in [5.74, 6) is -0.971. The topological polar surface area (TPSA) is 0 Å². The number of hydrogen-bond donors (Lipinski definition) is 0. The predicted molar refractivity (Wildman–Crippen MR) is 60.3 cm³/mol. The molecule has 2 heteroatoms. The van der Waals surface area contributed by atoms with Gasteiger partial charge < -0.3 is 0 Å². The first-order chi connectivity index (χ1) is 7.66. The molecule has 0 heterocycles. The molecule has 82 valence electrons. The third-order valence-electron chi connectivity index (χ3n) is 2.56. The summed E-state index contributed by atoms with van der Waals surface area (Å²) in [6.45, 7) is 1.98. The number of halogens is 2. The molecular weight excluding hydrogens is 206 g/mol. The Kier molecular flexibility index (Phi) is 3.00. The minimum absolute atomic E-state index is 0.131. The van der Waals surface area contributed by atoms with Gasteiger partial charge in [0.1, 0.15) is 11.6 Å². The molecule has 0 fully saturated rings. The van der Waals surface area contributed by atoms with Gasteiger partial charge in [0, 0.05) is 12.0 Å². The average Bonchev–Trinajstić information content (AvgIpc) is 2.26. The van der Waals surface area contributed by atoms with Crippen LogP contribution in [0, 0.1) is 18.6 Å². The maximum Gasteiger partial charge on any atom is 0.129 e. The lowest BCUT2D eigenvalue weighted by molar-refractivity contribution is 0.561. The summed E-state index contributed by atoms with van der Waals surface area (Å²) in [6.07, 6.45) is 0.290. The lowest BCUT2D eigenvalue weighted by atomic mass is 10.0. The smallest absolute Gasteiger partial charge is 0.129 e. The van der Waals surface area contributed by atoms with E-state index in [-0.39, 0.29) is 5.56 Å².